The lowest BCUT2D eigenvalue weighted by molar-refractivity contribution is -0.386. The van der Waals surface area contributed by atoms with Crippen molar-refractivity contribution in [2.45, 2.75) is 26.4 Å². The van der Waals surface area contributed by atoms with Crippen LogP contribution >= 0.6 is 0 Å². The van der Waals surface area contributed by atoms with Gasteiger partial charge < -0.3 is 4.74 Å². The summed E-state index contributed by atoms with van der Waals surface area (Å²) < 4.78 is 18.3. The average molecular weight is 317 g/mol. The van der Waals surface area contributed by atoms with E-state index in [1.54, 1.807) is 12.1 Å². The fraction of sp³-hybridized carbons (Fsp3) is 0.235. The van der Waals surface area contributed by atoms with E-state index in [-0.39, 0.29) is 29.6 Å². The van der Waals surface area contributed by atoms with Gasteiger partial charge in [-0.15, -0.1) is 0 Å². The van der Waals surface area contributed by atoms with Gasteiger partial charge in [-0.1, -0.05) is 19.1 Å². The van der Waals surface area contributed by atoms with E-state index in [0.717, 1.165) is 0 Å². The summed E-state index contributed by atoms with van der Waals surface area (Å²) in [6, 6.07) is 9.84. The molecule has 0 aromatic heterocycles. The predicted octanol–water partition coefficient (Wildman–Crippen LogP) is 4.30. The molecule has 0 aliphatic heterocycles. The summed E-state index contributed by atoms with van der Waals surface area (Å²) in [6.07, 6.45) is 1.02. The van der Waals surface area contributed by atoms with E-state index in [9.17, 15) is 19.3 Å². The summed E-state index contributed by atoms with van der Waals surface area (Å²) in [5.74, 6) is -0.424. The molecule has 0 aliphatic rings. The number of ketones is 1. The van der Waals surface area contributed by atoms with E-state index >= 15 is 0 Å². The number of nitrogens with zero attached hydrogens (tertiary/aromatic N) is 1. The molecule has 0 aliphatic carbocycles. The maximum atomic E-state index is 12.8. The molecule has 0 radical (unpaired) electrons. The van der Waals surface area contributed by atoms with Gasteiger partial charge in [0.1, 0.15) is 12.4 Å². The number of nitro groups is 1. The number of benzene rings is 2. The van der Waals surface area contributed by atoms with Crippen LogP contribution in [-0.2, 0) is 6.61 Å². The number of carbonyl (C=O) groups excluding carboxylic acids is 1. The molecule has 2 rings (SSSR count). The molecule has 6 heteroatoms. The van der Waals surface area contributed by atoms with Crippen LogP contribution < -0.4 is 4.74 Å². The van der Waals surface area contributed by atoms with Crippen molar-refractivity contribution in [3.8, 4) is 5.75 Å². The van der Waals surface area contributed by atoms with Gasteiger partial charge in [0.15, 0.2) is 11.5 Å². The second-order valence-electron chi connectivity index (χ2n) is 5.03. The normalized spacial score (nSPS) is 10.3. The van der Waals surface area contributed by atoms with Crippen molar-refractivity contribution < 1.29 is 18.8 Å². The van der Waals surface area contributed by atoms with Crippen LogP contribution in [0.2, 0.25) is 0 Å². The SMILES string of the molecule is CCCC(=O)c1ccc(OCc2ccc(F)cc2)c([N+](=O)[O-])c1. The van der Waals surface area contributed by atoms with Gasteiger partial charge in [-0.25, -0.2) is 4.39 Å². The molecule has 0 atom stereocenters. The molecule has 0 fully saturated rings. The Morgan fingerprint density at radius 2 is 1.91 bits per heavy atom. The van der Waals surface area contributed by atoms with E-state index in [2.05, 4.69) is 0 Å². The highest BCUT2D eigenvalue weighted by molar-refractivity contribution is 5.96. The fourth-order valence-electron chi connectivity index (χ4n) is 2.07. The third-order valence-corrected chi connectivity index (χ3v) is 3.26. The zero-order valence-electron chi connectivity index (χ0n) is 12.6. The summed E-state index contributed by atoms with van der Waals surface area (Å²) in [6.45, 7) is 1.94. The Morgan fingerprint density at radius 3 is 2.52 bits per heavy atom. The molecule has 0 saturated heterocycles. The lowest BCUT2D eigenvalue weighted by Crippen LogP contribution is -2.03. The Kier molecular flexibility index (Phi) is 5.41. The van der Waals surface area contributed by atoms with Crippen LogP contribution in [-0.4, -0.2) is 10.7 Å². The lowest BCUT2D eigenvalue weighted by Gasteiger charge is -2.08. The van der Waals surface area contributed by atoms with Crippen molar-refractivity contribution in [1.29, 1.82) is 0 Å². The number of halogens is 1. The van der Waals surface area contributed by atoms with Gasteiger partial charge in [0.05, 0.1) is 4.92 Å². The van der Waals surface area contributed by atoms with Gasteiger partial charge in [0.25, 0.3) is 0 Å². The van der Waals surface area contributed by atoms with Crippen molar-refractivity contribution in [3.63, 3.8) is 0 Å². The lowest BCUT2D eigenvalue weighted by atomic mass is 10.1. The highest BCUT2D eigenvalue weighted by atomic mass is 19.1. The number of nitro benzene ring substituents is 1. The molecule has 0 saturated carbocycles. The molecule has 0 N–H and O–H groups in total. The molecule has 0 amide bonds. The van der Waals surface area contributed by atoms with Crippen LogP contribution in [0.3, 0.4) is 0 Å². The number of hydrogen-bond donors (Lipinski definition) is 0. The zero-order valence-corrected chi connectivity index (χ0v) is 12.6. The van der Waals surface area contributed by atoms with Crippen molar-refractivity contribution in [2.75, 3.05) is 0 Å². The minimum absolute atomic E-state index is 0.0728. The quantitative estimate of drug-likeness (QED) is 0.434. The third-order valence-electron chi connectivity index (χ3n) is 3.26. The van der Waals surface area contributed by atoms with Crippen molar-refractivity contribution in [3.05, 3.63) is 69.5 Å². The van der Waals surface area contributed by atoms with Gasteiger partial charge in [0.2, 0.25) is 0 Å². The zero-order chi connectivity index (χ0) is 16.8. The Bertz CT molecular complexity index is 713. The van der Waals surface area contributed by atoms with Crippen molar-refractivity contribution in [1.82, 2.24) is 0 Å². The summed E-state index contributed by atoms with van der Waals surface area (Å²) >= 11 is 0. The monoisotopic (exact) mass is 317 g/mol. The number of rotatable bonds is 7. The molecule has 23 heavy (non-hydrogen) atoms. The van der Waals surface area contributed by atoms with Crippen molar-refractivity contribution in [2.24, 2.45) is 0 Å². The van der Waals surface area contributed by atoms with E-state index in [0.29, 0.717) is 24.0 Å². The van der Waals surface area contributed by atoms with Gasteiger partial charge in [0, 0.05) is 18.1 Å². The molecule has 0 spiro atoms. The summed E-state index contributed by atoms with van der Waals surface area (Å²) in [5.41, 5.74) is 0.730. The van der Waals surface area contributed by atoms with Crippen LogP contribution in [0.5, 0.6) is 5.75 Å². The maximum Gasteiger partial charge on any atom is 0.311 e. The number of ether oxygens (including phenoxy) is 1. The summed E-state index contributed by atoms with van der Waals surface area (Å²) in [5, 5.41) is 11.2. The van der Waals surface area contributed by atoms with Gasteiger partial charge in [-0.05, 0) is 36.2 Å². The highest BCUT2D eigenvalue weighted by Gasteiger charge is 2.18. The average Bonchev–Trinajstić information content (AvgIpc) is 2.54. The largest absolute Gasteiger partial charge is 0.482 e. The molecule has 2 aromatic rings. The molecule has 0 bridgehead atoms. The molecular formula is C17H16FNO4. The van der Waals surface area contributed by atoms with E-state index in [4.69, 9.17) is 4.74 Å². The van der Waals surface area contributed by atoms with Gasteiger partial charge in [-0.3, -0.25) is 14.9 Å². The van der Waals surface area contributed by atoms with Crippen LogP contribution in [0.4, 0.5) is 10.1 Å². The molecule has 0 unspecified atom stereocenters. The first-order valence-corrected chi connectivity index (χ1v) is 7.20. The van der Waals surface area contributed by atoms with Gasteiger partial charge in [-0.2, -0.15) is 0 Å². The minimum atomic E-state index is -0.581. The number of carbonyl (C=O) groups is 1. The molecule has 5 nitrogen and oxygen atoms in total. The Morgan fingerprint density at radius 1 is 1.22 bits per heavy atom. The summed E-state index contributed by atoms with van der Waals surface area (Å²) in [4.78, 5) is 22.4. The van der Waals surface area contributed by atoms with Crippen molar-refractivity contribution >= 4 is 11.5 Å². The first-order valence-electron chi connectivity index (χ1n) is 7.20. The standard InChI is InChI=1S/C17H16FNO4/c1-2-3-16(20)13-6-9-17(15(10-13)19(21)22)23-11-12-4-7-14(18)8-5-12/h4-10H,2-3,11H2,1H3. The van der Waals surface area contributed by atoms with E-state index in [1.165, 1.54) is 30.3 Å². The van der Waals surface area contributed by atoms with Crippen LogP contribution in [0.25, 0.3) is 0 Å². The van der Waals surface area contributed by atoms with Gasteiger partial charge >= 0.3 is 5.69 Å². The predicted molar refractivity (Wildman–Crippen MR) is 83.1 cm³/mol. The summed E-state index contributed by atoms with van der Waals surface area (Å²) in [7, 11) is 0. The number of hydrogen-bond acceptors (Lipinski definition) is 4. The molecule has 0 heterocycles. The van der Waals surface area contributed by atoms with Crippen LogP contribution in [0.15, 0.2) is 42.5 Å². The van der Waals surface area contributed by atoms with Crippen LogP contribution in [0, 0.1) is 15.9 Å². The Balaban J connectivity index is 2.19. The molecule has 120 valence electrons. The molecular weight excluding hydrogens is 301 g/mol. The topological polar surface area (TPSA) is 69.4 Å². The maximum absolute atomic E-state index is 12.8. The second kappa shape index (κ2) is 7.49. The minimum Gasteiger partial charge on any atom is -0.482 e. The Labute approximate surface area is 132 Å². The first-order chi connectivity index (χ1) is 11.0. The van der Waals surface area contributed by atoms with Crippen LogP contribution in [0.1, 0.15) is 35.7 Å². The third kappa shape index (κ3) is 4.35. The number of Topliss-reactive ketones (excluding diaryl/α,β-unsaturated/α-hetero) is 1. The smallest absolute Gasteiger partial charge is 0.311 e. The van der Waals surface area contributed by atoms with E-state index < -0.39 is 4.92 Å². The fourth-order valence-corrected chi connectivity index (χ4v) is 2.07. The highest BCUT2D eigenvalue weighted by Crippen LogP contribution is 2.29. The first kappa shape index (κ1) is 16.6. The van der Waals surface area contributed by atoms with E-state index in [1.807, 2.05) is 6.92 Å². The second-order valence-corrected chi connectivity index (χ2v) is 5.03. The molecule has 2 aromatic carbocycles. The Hall–Kier alpha value is -2.76.